The van der Waals surface area contributed by atoms with Crippen molar-refractivity contribution in [1.29, 1.82) is 0 Å². The topological polar surface area (TPSA) is 15.3 Å². The van der Waals surface area contributed by atoms with Gasteiger partial charge in [-0.05, 0) is 37.9 Å². The first-order chi connectivity index (χ1) is 8.97. The zero-order chi connectivity index (χ0) is 14.4. The number of rotatable bonds is 7. The van der Waals surface area contributed by atoms with E-state index in [4.69, 9.17) is 0 Å². The molecule has 1 N–H and O–H groups in total. The summed E-state index contributed by atoms with van der Waals surface area (Å²) < 4.78 is 14.0. The fraction of sp³-hybridized carbons (Fsp3) is 0.625. The third kappa shape index (κ3) is 4.50. The lowest BCUT2D eigenvalue weighted by atomic mass is 10.1. The van der Waals surface area contributed by atoms with Crippen LogP contribution in [0.25, 0.3) is 0 Å². The van der Waals surface area contributed by atoms with E-state index in [2.05, 4.69) is 37.9 Å². The number of halogens is 1. The molecule has 0 fully saturated rings. The molecule has 0 saturated heterocycles. The van der Waals surface area contributed by atoms with E-state index in [-0.39, 0.29) is 5.82 Å². The number of hydrogen-bond acceptors (Lipinski definition) is 2. The van der Waals surface area contributed by atoms with Gasteiger partial charge in [0.15, 0.2) is 0 Å². The summed E-state index contributed by atoms with van der Waals surface area (Å²) in [5, 5.41) is 3.33. The van der Waals surface area contributed by atoms with Crippen LogP contribution in [0.2, 0.25) is 0 Å². The molecule has 0 bridgehead atoms. The van der Waals surface area contributed by atoms with Crippen LogP contribution in [0, 0.1) is 11.7 Å². The SMILES string of the molecule is CCC(C)N(C)c1cccc(F)c1CNCC(C)C. The van der Waals surface area contributed by atoms with Crippen molar-refractivity contribution in [2.24, 2.45) is 5.92 Å². The smallest absolute Gasteiger partial charge is 0.129 e. The van der Waals surface area contributed by atoms with Gasteiger partial charge in [0.2, 0.25) is 0 Å². The molecule has 1 unspecified atom stereocenters. The first-order valence-electron chi connectivity index (χ1n) is 7.18. The Bertz CT molecular complexity index is 390. The van der Waals surface area contributed by atoms with Crippen molar-refractivity contribution in [3.63, 3.8) is 0 Å². The molecule has 108 valence electrons. The van der Waals surface area contributed by atoms with E-state index in [1.165, 1.54) is 0 Å². The third-order valence-corrected chi connectivity index (χ3v) is 3.58. The number of nitrogens with one attached hydrogen (secondary N) is 1. The molecule has 1 aromatic rings. The van der Waals surface area contributed by atoms with Gasteiger partial charge in [-0.1, -0.05) is 26.8 Å². The van der Waals surface area contributed by atoms with E-state index in [9.17, 15) is 4.39 Å². The maximum absolute atomic E-state index is 14.0. The van der Waals surface area contributed by atoms with Crippen molar-refractivity contribution in [3.8, 4) is 0 Å². The van der Waals surface area contributed by atoms with Crippen molar-refractivity contribution >= 4 is 5.69 Å². The maximum atomic E-state index is 14.0. The summed E-state index contributed by atoms with van der Waals surface area (Å²) in [5.41, 5.74) is 1.76. The van der Waals surface area contributed by atoms with Crippen LogP contribution in [0.3, 0.4) is 0 Å². The first kappa shape index (κ1) is 16.0. The van der Waals surface area contributed by atoms with Gasteiger partial charge in [-0.25, -0.2) is 4.39 Å². The minimum absolute atomic E-state index is 0.121. The van der Waals surface area contributed by atoms with Crippen molar-refractivity contribution in [2.45, 2.75) is 46.7 Å². The van der Waals surface area contributed by atoms with E-state index in [1.807, 2.05) is 13.1 Å². The second-order valence-corrected chi connectivity index (χ2v) is 5.63. The summed E-state index contributed by atoms with van der Waals surface area (Å²) in [4.78, 5) is 2.16. The molecule has 0 amide bonds. The molecule has 0 aliphatic rings. The van der Waals surface area contributed by atoms with Gasteiger partial charge < -0.3 is 10.2 Å². The van der Waals surface area contributed by atoms with Crippen molar-refractivity contribution in [1.82, 2.24) is 5.32 Å². The second-order valence-electron chi connectivity index (χ2n) is 5.63. The lowest BCUT2D eigenvalue weighted by Crippen LogP contribution is -2.30. The van der Waals surface area contributed by atoms with E-state index in [0.717, 1.165) is 24.2 Å². The highest BCUT2D eigenvalue weighted by Gasteiger charge is 2.15. The number of anilines is 1. The van der Waals surface area contributed by atoms with Crippen molar-refractivity contribution < 1.29 is 4.39 Å². The van der Waals surface area contributed by atoms with Gasteiger partial charge in [-0.15, -0.1) is 0 Å². The average Bonchev–Trinajstić information content (AvgIpc) is 2.38. The Labute approximate surface area is 117 Å². The Balaban J connectivity index is 2.88. The van der Waals surface area contributed by atoms with Crippen LogP contribution in [0.5, 0.6) is 0 Å². The van der Waals surface area contributed by atoms with Crippen LogP contribution in [0.15, 0.2) is 18.2 Å². The predicted octanol–water partition coefficient (Wildman–Crippen LogP) is 3.81. The highest BCUT2D eigenvalue weighted by molar-refractivity contribution is 5.54. The van der Waals surface area contributed by atoms with Crippen LogP contribution in [-0.4, -0.2) is 19.6 Å². The monoisotopic (exact) mass is 266 g/mol. The van der Waals surface area contributed by atoms with E-state index < -0.39 is 0 Å². The third-order valence-electron chi connectivity index (χ3n) is 3.58. The molecular formula is C16H27FN2. The maximum Gasteiger partial charge on any atom is 0.129 e. The molecule has 0 aliphatic carbocycles. The second kappa shape index (κ2) is 7.49. The van der Waals surface area contributed by atoms with Crippen LogP contribution >= 0.6 is 0 Å². The fourth-order valence-electron chi connectivity index (χ4n) is 2.05. The van der Waals surface area contributed by atoms with Gasteiger partial charge in [0, 0.05) is 30.9 Å². The number of hydrogen-bond donors (Lipinski definition) is 1. The largest absolute Gasteiger partial charge is 0.372 e. The molecule has 3 heteroatoms. The van der Waals surface area contributed by atoms with Crippen LogP contribution in [0.1, 0.15) is 39.7 Å². The molecule has 0 radical (unpaired) electrons. The fourth-order valence-corrected chi connectivity index (χ4v) is 2.05. The average molecular weight is 266 g/mol. The summed E-state index contributed by atoms with van der Waals surface area (Å²) >= 11 is 0. The first-order valence-corrected chi connectivity index (χ1v) is 7.18. The summed E-state index contributed by atoms with van der Waals surface area (Å²) in [6.45, 7) is 10.1. The van der Waals surface area contributed by atoms with Crippen molar-refractivity contribution in [3.05, 3.63) is 29.6 Å². The minimum atomic E-state index is -0.121. The highest BCUT2D eigenvalue weighted by Crippen LogP contribution is 2.24. The van der Waals surface area contributed by atoms with Gasteiger partial charge in [-0.3, -0.25) is 0 Å². The van der Waals surface area contributed by atoms with E-state index in [0.29, 0.717) is 18.5 Å². The highest BCUT2D eigenvalue weighted by atomic mass is 19.1. The summed E-state index contributed by atoms with van der Waals surface area (Å²) in [5.74, 6) is 0.450. The van der Waals surface area contributed by atoms with Crippen molar-refractivity contribution in [2.75, 3.05) is 18.5 Å². The Morgan fingerprint density at radius 3 is 2.53 bits per heavy atom. The predicted molar refractivity (Wildman–Crippen MR) is 81.1 cm³/mol. The standard InChI is InChI=1S/C16H27FN2/c1-6-13(4)19(5)16-9-7-8-15(17)14(16)11-18-10-12(2)3/h7-9,12-13,18H,6,10-11H2,1-5H3. The lowest BCUT2D eigenvalue weighted by Gasteiger charge is -2.28. The quantitative estimate of drug-likeness (QED) is 0.807. The van der Waals surface area contributed by atoms with Gasteiger partial charge in [0.05, 0.1) is 0 Å². The lowest BCUT2D eigenvalue weighted by molar-refractivity contribution is 0.533. The summed E-state index contributed by atoms with van der Waals surface area (Å²) in [6.07, 6.45) is 1.05. The number of benzene rings is 1. The molecule has 0 spiro atoms. The molecule has 0 aliphatic heterocycles. The molecule has 1 rings (SSSR count). The molecule has 1 aromatic carbocycles. The van der Waals surface area contributed by atoms with Gasteiger partial charge in [-0.2, -0.15) is 0 Å². The van der Waals surface area contributed by atoms with E-state index in [1.54, 1.807) is 12.1 Å². The van der Waals surface area contributed by atoms with Gasteiger partial charge >= 0.3 is 0 Å². The molecule has 19 heavy (non-hydrogen) atoms. The van der Waals surface area contributed by atoms with Crippen LogP contribution in [0.4, 0.5) is 10.1 Å². The summed E-state index contributed by atoms with van der Waals surface area (Å²) in [6, 6.07) is 5.74. The van der Waals surface area contributed by atoms with Gasteiger partial charge in [0.25, 0.3) is 0 Å². The zero-order valence-corrected chi connectivity index (χ0v) is 12.8. The molecule has 0 heterocycles. The molecular weight excluding hydrogens is 239 g/mol. The Hall–Kier alpha value is -1.09. The molecule has 2 nitrogen and oxygen atoms in total. The molecule has 0 aromatic heterocycles. The van der Waals surface area contributed by atoms with Crippen LogP contribution < -0.4 is 10.2 Å². The summed E-state index contributed by atoms with van der Waals surface area (Å²) in [7, 11) is 2.04. The van der Waals surface area contributed by atoms with Crippen LogP contribution in [-0.2, 0) is 6.54 Å². The molecule has 0 saturated carbocycles. The Morgan fingerprint density at radius 2 is 1.95 bits per heavy atom. The van der Waals surface area contributed by atoms with E-state index >= 15 is 0 Å². The normalized spacial score (nSPS) is 12.8. The minimum Gasteiger partial charge on any atom is -0.372 e. The zero-order valence-electron chi connectivity index (χ0n) is 12.8. The Morgan fingerprint density at radius 1 is 1.26 bits per heavy atom. The Kier molecular flexibility index (Phi) is 6.29. The number of nitrogens with zero attached hydrogens (tertiary/aromatic N) is 1. The van der Waals surface area contributed by atoms with Gasteiger partial charge in [0.1, 0.15) is 5.82 Å². The molecule has 1 atom stereocenters.